The molecule has 4 rings (SSSR count). The standard InChI is InChI=1S/C24H21N3O4/c1-15(28)17-8-5-9-20(13-17)25-21(29)14-27-22(30)24(2,26-23(27)31)19-11-10-16-6-3-4-7-18(16)12-19/h3-13H,14H2,1-2H3,(H,25,29)(H,26,31). The second-order valence-electron chi connectivity index (χ2n) is 7.69. The number of Topliss-reactive ketones (excluding diaryl/α,β-unsaturated/α-hetero) is 1. The lowest BCUT2D eigenvalue weighted by Gasteiger charge is -2.22. The molecule has 0 spiro atoms. The van der Waals surface area contributed by atoms with Crippen molar-refractivity contribution in [1.82, 2.24) is 10.2 Å². The van der Waals surface area contributed by atoms with E-state index in [1.54, 1.807) is 37.3 Å². The minimum absolute atomic E-state index is 0.128. The van der Waals surface area contributed by atoms with Crippen LogP contribution in [0.3, 0.4) is 0 Å². The molecule has 1 fully saturated rings. The predicted octanol–water partition coefficient (Wildman–Crippen LogP) is 3.45. The minimum atomic E-state index is -1.27. The third-order valence-corrected chi connectivity index (χ3v) is 5.46. The van der Waals surface area contributed by atoms with Crippen molar-refractivity contribution < 1.29 is 19.2 Å². The minimum Gasteiger partial charge on any atom is -0.325 e. The van der Waals surface area contributed by atoms with Crippen LogP contribution >= 0.6 is 0 Å². The number of anilines is 1. The Balaban J connectivity index is 1.53. The molecule has 1 aliphatic heterocycles. The largest absolute Gasteiger partial charge is 0.325 e. The number of urea groups is 1. The molecule has 0 aromatic heterocycles. The zero-order chi connectivity index (χ0) is 22.2. The van der Waals surface area contributed by atoms with Gasteiger partial charge in [0.2, 0.25) is 5.91 Å². The molecule has 7 nitrogen and oxygen atoms in total. The van der Waals surface area contributed by atoms with E-state index in [1.165, 1.54) is 6.92 Å². The molecule has 1 saturated heterocycles. The smallest absolute Gasteiger partial charge is 0.325 e. The van der Waals surface area contributed by atoms with Crippen LogP contribution in [0, 0.1) is 0 Å². The number of carbonyl (C=O) groups excluding carboxylic acids is 4. The Hall–Kier alpha value is -4.00. The van der Waals surface area contributed by atoms with E-state index in [0.29, 0.717) is 16.8 Å². The van der Waals surface area contributed by atoms with Crippen LogP contribution in [0.1, 0.15) is 29.8 Å². The van der Waals surface area contributed by atoms with Gasteiger partial charge in [-0.1, -0.05) is 48.5 Å². The van der Waals surface area contributed by atoms with Gasteiger partial charge in [0.05, 0.1) is 0 Å². The second-order valence-corrected chi connectivity index (χ2v) is 7.69. The molecule has 156 valence electrons. The summed E-state index contributed by atoms with van der Waals surface area (Å²) in [5.74, 6) is -1.16. The highest BCUT2D eigenvalue weighted by Gasteiger charge is 2.49. The summed E-state index contributed by atoms with van der Waals surface area (Å²) in [4.78, 5) is 50.6. The van der Waals surface area contributed by atoms with Gasteiger partial charge in [0.15, 0.2) is 5.78 Å². The van der Waals surface area contributed by atoms with E-state index >= 15 is 0 Å². The number of amides is 4. The number of hydrogen-bond acceptors (Lipinski definition) is 4. The maximum Gasteiger partial charge on any atom is 0.325 e. The van der Waals surface area contributed by atoms with E-state index < -0.39 is 29.9 Å². The molecule has 1 heterocycles. The molecule has 31 heavy (non-hydrogen) atoms. The molecule has 2 N–H and O–H groups in total. The van der Waals surface area contributed by atoms with Gasteiger partial charge in [-0.15, -0.1) is 0 Å². The first-order chi connectivity index (χ1) is 14.8. The molecule has 0 bridgehead atoms. The van der Waals surface area contributed by atoms with Crippen molar-refractivity contribution in [2.75, 3.05) is 11.9 Å². The highest BCUT2D eigenvalue weighted by atomic mass is 16.2. The molecule has 0 aliphatic carbocycles. The highest BCUT2D eigenvalue weighted by molar-refractivity contribution is 6.10. The van der Waals surface area contributed by atoms with Crippen LogP contribution in [0.15, 0.2) is 66.7 Å². The number of nitrogens with one attached hydrogen (secondary N) is 2. The molecule has 3 aromatic rings. The first-order valence-electron chi connectivity index (χ1n) is 9.82. The van der Waals surface area contributed by atoms with Crippen molar-refractivity contribution in [2.24, 2.45) is 0 Å². The van der Waals surface area contributed by atoms with Crippen molar-refractivity contribution in [1.29, 1.82) is 0 Å². The number of rotatable bonds is 5. The van der Waals surface area contributed by atoms with Gasteiger partial charge in [-0.25, -0.2) is 4.79 Å². The van der Waals surface area contributed by atoms with Crippen LogP contribution < -0.4 is 10.6 Å². The molecule has 1 unspecified atom stereocenters. The average molecular weight is 415 g/mol. The van der Waals surface area contributed by atoms with Gasteiger partial charge in [-0.05, 0) is 48.4 Å². The molecule has 1 aliphatic rings. The third kappa shape index (κ3) is 3.77. The van der Waals surface area contributed by atoms with Gasteiger partial charge in [0, 0.05) is 11.3 Å². The summed E-state index contributed by atoms with van der Waals surface area (Å²) in [6.07, 6.45) is 0. The maximum absolute atomic E-state index is 13.1. The lowest BCUT2D eigenvalue weighted by molar-refractivity contribution is -0.133. The Labute approximate surface area is 179 Å². The molecule has 7 heteroatoms. The van der Waals surface area contributed by atoms with Crippen LogP contribution in [0.4, 0.5) is 10.5 Å². The number of ketones is 1. The second kappa shape index (κ2) is 7.68. The van der Waals surface area contributed by atoms with Crippen molar-refractivity contribution in [2.45, 2.75) is 19.4 Å². The Bertz CT molecular complexity index is 1240. The van der Waals surface area contributed by atoms with E-state index in [1.807, 2.05) is 36.4 Å². The van der Waals surface area contributed by atoms with Gasteiger partial charge in [-0.3, -0.25) is 19.3 Å². The fourth-order valence-electron chi connectivity index (χ4n) is 3.70. The first-order valence-corrected chi connectivity index (χ1v) is 9.82. The van der Waals surface area contributed by atoms with E-state index in [-0.39, 0.29) is 5.78 Å². The van der Waals surface area contributed by atoms with Gasteiger partial charge < -0.3 is 10.6 Å². The fraction of sp³-hybridized carbons (Fsp3) is 0.167. The normalized spacial score (nSPS) is 18.2. The molecule has 0 radical (unpaired) electrons. The van der Waals surface area contributed by atoms with Gasteiger partial charge in [0.1, 0.15) is 12.1 Å². The number of imide groups is 1. The van der Waals surface area contributed by atoms with E-state index in [9.17, 15) is 19.2 Å². The summed E-state index contributed by atoms with van der Waals surface area (Å²) < 4.78 is 0. The lowest BCUT2D eigenvalue weighted by Crippen LogP contribution is -2.42. The highest BCUT2D eigenvalue weighted by Crippen LogP contribution is 2.31. The summed E-state index contributed by atoms with van der Waals surface area (Å²) in [6, 6.07) is 19.1. The predicted molar refractivity (Wildman–Crippen MR) is 117 cm³/mol. The average Bonchev–Trinajstić information content (AvgIpc) is 2.97. The molecular weight excluding hydrogens is 394 g/mol. The molecule has 4 amide bonds. The summed E-state index contributed by atoms with van der Waals surface area (Å²) in [7, 11) is 0. The van der Waals surface area contributed by atoms with E-state index in [0.717, 1.165) is 15.7 Å². The van der Waals surface area contributed by atoms with Gasteiger partial charge in [-0.2, -0.15) is 0 Å². The number of benzene rings is 3. The number of carbonyl (C=O) groups is 4. The quantitative estimate of drug-likeness (QED) is 0.493. The molecule has 0 saturated carbocycles. The van der Waals surface area contributed by atoms with Gasteiger partial charge >= 0.3 is 6.03 Å². The van der Waals surface area contributed by atoms with Crippen LogP contribution in [-0.4, -0.2) is 35.1 Å². The van der Waals surface area contributed by atoms with Crippen molar-refractivity contribution in [3.05, 3.63) is 77.9 Å². The van der Waals surface area contributed by atoms with Gasteiger partial charge in [0.25, 0.3) is 5.91 Å². The molecular formula is C24H21N3O4. The van der Waals surface area contributed by atoms with Crippen LogP contribution in [-0.2, 0) is 15.1 Å². The van der Waals surface area contributed by atoms with Crippen LogP contribution in [0.2, 0.25) is 0 Å². The summed E-state index contributed by atoms with van der Waals surface area (Å²) in [5.41, 5.74) is 0.246. The zero-order valence-electron chi connectivity index (χ0n) is 17.1. The van der Waals surface area contributed by atoms with Crippen molar-refractivity contribution >= 4 is 40.1 Å². The number of fused-ring (bicyclic) bond motifs is 1. The Morgan fingerprint density at radius 2 is 1.71 bits per heavy atom. The topological polar surface area (TPSA) is 95.6 Å². The third-order valence-electron chi connectivity index (χ3n) is 5.46. The Kier molecular flexibility index (Phi) is 5.02. The molecule has 1 atom stereocenters. The number of nitrogens with zero attached hydrogens (tertiary/aromatic N) is 1. The molecule has 3 aromatic carbocycles. The van der Waals surface area contributed by atoms with Crippen LogP contribution in [0.25, 0.3) is 10.8 Å². The lowest BCUT2D eigenvalue weighted by atomic mass is 9.90. The first kappa shape index (κ1) is 20.3. The Morgan fingerprint density at radius 3 is 2.45 bits per heavy atom. The summed E-state index contributed by atoms with van der Waals surface area (Å²) in [5, 5.41) is 7.32. The summed E-state index contributed by atoms with van der Waals surface area (Å²) >= 11 is 0. The fourth-order valence-corrected chi connectivity index (χ4v) is 3.70. The van der Waals surface area contributed by atoms with Crippen LogP contribution in [0.5, 0.6) is 0 Å². The Morgan fingerprint density at radius 1 is 0.968 bits per heavy atom. The number of hydrogen-bond donors (Lipinski definition) is 2. The van der Waals surface area contributed by atoms with Crippen molar-refractivity contribution in [3.63, 3.8) is 0 Å². The zero-order valence-corrected chi connectivity index (χ0v) is 17.1. The van der Waals surface area contributed by atoms with E-state index in [4.69, 9.17) is 0 Å². The summed E-state index contributed by atoms with van der Waals surface area (Å²) in [6.45, 7) is 2.63. The SMILES string of the molecule is CC(=O)c1cccc(NC(=O)CN2C(=O)NC(C)(c3ccc4ccccc4c3)C2=O)c1. The maximum atomic E-state index is 13.1. The monoisotopic (exact) mass is 415 g/mol. The van der Waals surface area contributed by atoms with Crippen molar-refractivity contribution in [3.8, 4) is 0 Å². The van der Waals surface area contributed by atoms with E-state index in [2.05, 4.69) is 10.6 Å².